The minimum Gasteiger partial charge on any atom is -0.495 e. The van der Waals surface area contributed by atoms with Gasteiger partial charge in [0, 0.05) is 70.1 Å². The van der Waals surface area contributed by atoms with Gasteiger partial charge in [-0.1, -0.05) is 38.1 Å². The Kier molecular flexibility index (Phi) is 10.8. The second kappa shape index (κ2) is 15.7. The van der Waals surface area contributed by atoms with E-state index in [1.807, 2.05) is 60.1 Å². The zero-order valence-electron chi connectivity index (χ0n) is 31.0. The number of hydrogen-bond donors (Lipinski definition) is 3. The Labute approximate surface area is 315 Å². The van der Waals surface area contributed by atoms with E-state index in [-0.39, 0.29) is 17.9 Å². The van der Waals surface area contributed by atoms with Crippen molar-refractivity contribution in [1.82, 2.24) is 24.7 Å². The summed E-state index contributed by atoms with van der Waals surface area (Å²) in [7, 11) is 3.53. The van der Waals surface area contributed by atoms with Gasteiger partial charge in [0.25, 0.3) is 5.91 Å². The number of thiophene rings is 1. The van der Waals surface area contributed by atoms with Crippen molar-refractivity contribution in [1.29, 1.82) is 0 Å². The summed E-state index contributed by atoms with van der Waals surface area (Å²) in [4.78, 5) is 38.5. The maximum absolute atomic E-state index is 14.7. The van der Waals surface area contributed by atoms with Crippen LogP contribution in [0.25, 0.3) is 38.2 Å². The second-order valence-electron chi connectivity index (χ2n) is 14.0. The molecule has 7 rings (SSSR count). The number of anilines is 2. The molecule has 2 aliphatic heterocycles. The average molecular weight is 735 g/mol. The van der Waals surface area contributed by atoms with E-state index in [9.17, 15) is 9.59 Å². The molecule has 0 radical (unpaired) electrons. The molecule has 0 spiro atoms. The number of ether oxygens (including phenoxy) is 1. The lowest BCUT2D eigenvalue weighted by Crippen LogP contribution is -2.57. The molecule has 2 fully saturated rings. The van der Waals surface area contributed by atoms with E-state index < -0.39 is 6.17 Å². The van der Waals surface area contributed by atoms with Crippen molar-refractivity contribution in [2.75, 3.05) is 50.5 Å². The highest BCUT2D eigenvalue weighted by Crippen LogP contribution is 2.42. The third-order valence-electron chi connectivity index (χ3n) is 11.1. The highest BCUT2D eigenvalue weighted by atomic mass is 32.1. The third-order valence-corrected chi connectivity index (χ3v) is 12.2. The van der Waals surface area contributed by atoms with Gasteiger partial charge < -0.3 is 26.1 Å². The largest absolute Gasteiger partial charge is 0.495 e. The summed E-state index contributed by atoms with van der Waals surface area (Å²) in [6, 6.07) is 16.1. The van der Waals surface area contributed by atoms with Gasteiger partial charge in [0.15, 0.2) is 0 Å². The monoisotopic (exact) mass is 734 g/mol. The number of fused-ring (bicyclic) bond motifs is 2. The number of nitrogen functional groups attached to an aromatic ring is 1. The number of nitrogens with zero attached hydrogens (tertiary/aromatic N) is 5. The van der Waals surface area contributed by atoms with Crippen molar-refractivity contribution < 1.29 is 14.3 Å². The van der Waals surface area contributed by atoms with Gasteiger partial charge in [0.2, 0.25) is 5.91 Å². The van der Waals surface area contributed by atoms with Crippen LogP contribution in [0.3, 0.4) is 0 Å². The number of likely N-dealkylation sites (tertiary alicyclic amines) is 2. The molecule has 0 bridgehead atoms. The SMILES string of the molecule is CCN1CCC[C@@H]1CNC(=O)/C=C/c1cnc(N)c2c(-c3ccc(N(C(=O)c4cc5ccccc5n4C)C(N)[C@H]4CCCN4CC)c(OC)c3)csc12. The molecule has 2 saturated heterocycles. The fourth-order valence-corrected chi connectivity index (χ4v) is 9.35. The van der Waals surface area contributed by atoms with E-state index in [1.54, 1.807) is 41.7 Å². The van der Waals surface area contributed by atoms with E-state index in [2.05, 4.69) is 39.3 Å². The van der Waals surface area contributed by atoms with Gasteiger partial charge in [-0.3, -0.25) is 24.3 Å². The first-order valence-corrected chi connectivity index (χ1v) is 19.5. The zero-order valence-corrected chi connectivity index (χ0v) is 31.9. The van der Waals surface area contributed by atoms with Crippen LogP contribution in [0.2, 0.25) is 0 Å². The first-order chi connectivity index (χ1) is 25.7. The van der Waals surface area contributed by atoms with Gasteiger partial charge in [0.1, 0.15) is 23.4 Å². The number of rotatable bonds is 12. The number of amides is 2. The molecule has 5 heterocycles. The Hall–Kier alpha value is -4.75. The van der Waals surface area contributed by atoms with E-state index >= 15 is 0 Å². The fourth-order valence-electron chi connectivity index (χ4n) is 8.27. The molecular weight excluding hydrogens is 685 g/mol. The highest BCUT2D eigenvalue weighted by Gasteiger charge is 2.37. The van der Waals surface area contributed by atoms with E-state index in [0.29, 0.717) is 35.5 Å². The van der Waals surface area contributed by atoms with Crippen LogP contribution >= 0.6 is 11.3 Å². The molecule has 53 heavy (non-hydrogen) atoms. The summed E-state index contributed by atoms with van der Waals surface area (Å²) in [5.74, 6) is 0.604. The first-order valence-electron chi connectivity index (χ1n) is 18.7. The Bertz CT molecular complexity index is 2160. The average Bonchev–Trinajstić information content (AvgIpc) is 4.00. The number of nitrogens with one attached hydrogen (secondary N) is 1. The quantitative estimate of drug-likeness (QED) is 0.104. The Morgan fingerprint density at radius 2 is 1.87 bits per heavy atom. The summed E-state index contributed by atoms with van der Waals surface area (Å²) in [6.07, 6.45) is 8.68. The van der Waals surface area contributed by atoms with Crippen LogP contribution < -0.4 is 26.4 Å². The second-order valence-corrected chi connectivity index (χ2v) is 14.9. The Morgan fingerprint density at radius 3 is 2.64 bits per heavy atom. The van der Waals surface area contributed by atoms with E-state index in [0.717, 1.165) is 83.1 Å². The maximum Gasteiger partial charge on any atom is 0.276 e. The van der Waals surface area contributed by atoms with Gasteiger partial charge in [-0.05, 0) is 93.1 Å². The molecule has 11 nitrogen and oxygen atoms in total. The molecular formula is C41H50N8O3S. The number of benzene rings is 2. The number of nitrogens with two attached hydrogens (primary N) is 2. The normalized spacial score (nSPS) is 18.7. The number of hydrogen-bond acceptors (Lipinski definition) is 9. The lowest BCUT2D eigenvalue weighted by molar-refractivity contribution is -0.116. The van der Waals surface area contributed by atoms with Gasteiger partial charge in [0.05, 0.1) is 12.8 Å². The van der Waals surface area contributed by atoms with Crippen molar-refractivity contribution in [3.63, 3.8) is 0 Å². The van der Waals surface area contributed by atoms with Crippen LogP contribution in [-0.2, 0) is 11.8 Å². The van der Waals surface area contributed by atoms with Crippen LogP contribution in [0, 0.1) is 0 Å². The van der Waals surface area contributed by atoms with E-state index in [4.69, 9.17) is 16.2 Å². The van der Waals surface area contributed by atoms with Crippen LogP contribution in [0.1, 0.15) is 55.6 Å². The van der Waals surface area contributed by atoms with Crippen LogP contribution in [0.15, 0.2) is 66.2 Å². The number of para-hydroxylation sites is 1. The Morgan fingerprint density at radius 1 is 1.09 bits per heavy atom. The van der Waals surface area contributed by atoms with Gasteiger partial charge in [-0.2, -0.15) is 0 Å². The van der Waals surface area contributed by atoms with Gasteiger partial charge in [-0.15, -0.1) is 11.3 Å². The number of carbonyl (C=O) groups is 2. The molecule has 278 valence electrons. The lowest BCUT2D eigenvalue weighted by Gasteiger charge is -2.37. The minimum absolute atomic E-state index is 0.00277. The molecule has 12 heteroatoms. The van der Waals surface area contributed by atoms with Crippen molar-refractivity contribution in [3.8, 4) is 16.9 Å². The van der Waals surface area contributed by atoms with Crippen LogP contribution in [0.4, 0.5) is 11.5 Å². The summed E-state index contributed by atoms with van der Waals surface area (Å²) >= 11 is 1.55. The number of methoxy groups -OCH3 is 1. The molecule has 2 amide bonds. The summed E-state index contributed by atoms with van der Waals surface area (Å²) < 4.78 is 8.91. The standard InChI is InChI=1S/C41H50N8O3S/c1-5-47-19-9-12-29(47)24-44-36(50)18-16-28-23-45-39(42)37-30(25-53-38(28)37)26-15-17-32(35(22-26)52-4)49(40(43)33-14-10-20-48(33)6-2)41(51)34-21-27-11-7-8-13-31(27)46(34)3/h7-8,11,13,15-18,21-23,25,29,33,40H,5-6,9-10,12,14,19-20,24,43H2,1-4H3,(H2,42,45)(H,44,50)/b18-16+/t29-,33-,40?/m1/s1. The Balaban J connectivity index is 1.21. The molecule has 0 aliphatic carbocycles. The molecule has 2 aliphatic rings. The van der Waals surface area contributed by atoms with Crippen LogP contribution in [-0.4, -0.2) is 89.2 Å². The van der Waals surface area contributed by atoms with E-state index in [1.165, 1.54) is 6.42 Å². The molecule has 2 aromatic carbocycles. The number of pyridine rings is 1. The van der Waals surface area contributed by atoms with Crippen molar-refractivity contribution in [2.24, 2.45) is 12.8 Å². The third kappa shape index (κ3) is 7.04. The van der Waals surface area contributed by atoms with Gasteiger partial charge >= 0.3 is 0 Å². The van der Waals surface area contributed by atoms with Gasteiger partial charge in [-0.25, -0.2) is 4.98 Å². The maximum atomic E-state index is 14.7. The van der Waals surface area contributed by atoms with Crippen molar-refractivity contribution >= 4 is 61.7 Å². The predicted octanol–water partition coefficient (Wildman–Crippen LogP) is 6.08. The lowest BCUT2D eigenvalue weighted by atomic mass is 10.0. The molecule has 3 atom stereocenters. The fraction of sp³-hybridized carbons (Fsp3) is 0.390. The number of aromatic nitrogens is 2. The topological polar surface area (TPSA) is 135 Å². The molecule has 0 saturated carbocycles. The highest BCUT2D eigenvalue weighted by molar-refractivity contribution is 7.18. The number of carbonyl (C=O) groups excluding carboxylic acids is 2. The minimum atomic E-state index is -0.611. The smallest absolute Gasteiger partial charge is 0.276 e. The molecule has 5 N–H and O–H groups in total. The van der Waals surface area contributed by atoms with Crippen molar-refractivity contribution in [3.05, 3.63) is 77.4 Å². The summed E-state index contributed by atoms with van der Waals surface area (Å²) in [5.41, 5.74) is 18.3. The predicted molar refractivity (Wildman–Crippen MR) is 216 cm³/mol. The van der Waals surface area contributed by atoms with Crippen molar-refractivity contribution in [2.45, 2.75) is 57.8 Å². The number of aryl methyl sites for hydroxylation is 1. The summed E-state index contributed by atoms with van der Waals surface area (Å²) in [6.45, 7) is 8.82. The molecule has 3 aromatic heterocycles. The van der Waals surface area contributed by atoms with Crippen LogP contribution in [0.5, 0.6) is 5.75 Å². The first kappa shape index (κ1) is 36.6. The molecule has 5 aromatic rings. The molecule has 1 unspecified atom stereocenters. The summed E-state index contributed by atoms with van der Waals surface area (Å²) in [5, 5.41) is 6.92. The number of likely N-dealkylation sites (N-methyl/N-ethyl adjacent to an activating group) is 2. The zero-order chi connectivity index (χ0) is 37.2.